The molecule has 1 fully saturated rings. The molecule has 1 saturated heterocycles. The number of nitrogens with zero attached hydrogens (tertiary/aromatic N) is 2. The molecular weight excluding hydrogens is 531 g/mol. The van der Waals surface area contributed by atoms with Crippen LogP contribution in [0.5, 0.6) is 5.75 Å². The van der Waals surface area contributed by atoms with Gasteiger partial charge in [-0.3, -0.25) is 4.99 Å². The average molecular weight is 559 g/mol. The van der Waals surface area contributed by atoms with Gasteiger partial charge in [0.1, 0.15) is 5.75 Å². The molecule has 0 amide bonds. The second-order valence-electron chi connectivity index (χ2n) is 6.70. The summed E-state index contributed by atoms with van der Waals surface area (Å²) in [6.45, 7) is 3.76. The van der Waals surface area contributed by atoms with Crippen LogP contribution in [0.25, 0.3) is 0 Å². The first-order valence-corrected chi connectivity index (χ1v) is 10.1. The largest absolute Gasteiger partial charge is 0.496 e. The van der Waals surface area contributed by atoms with E-state index in [1.165, 1.54) is 12.1 Å². The molecule has 0 bridgehead atoms. The van der Waals surface area contributed by atoms with Gasteiger partial charge in [-0.05, 0) is 42.7 Å². The number of ether oxygens (including phenoxy) is 1. The molecule has 1 aliphatic heterocycles. The summed E-state index contributed by atoms with van der Waals surface area (Å²) in [5.74, 6) is 2.32. The fourth-order valence-electron chi connectivity index (χ4n) is 3.38. The summed E-state index contributed by atoms with van der Waals surface area (Å²) in [4.78, 5) is 6.79. The van der Waals surface area contributed by atoms with Gasteiger partial charge < -0.3 is 20.3 Å². The molecule has 1 heterocycles. The van der Waals surface area contributed by atoms with E-state index >= 15 is 0 Å². The van der Waals surface area contributed by atoms with Crippen LogP contribution in [0, 0.1) is 5.92 Å². The third-order valence-corrected chi connectivity index (χ3v) is 5.43. The minimum absolute atomic E-state index is 0. The Morgan fingerprint density at radius 1 is 1.18 bits per heavy atom. The van der Waals surface area contributed by atoms with Gasteiger partial charge in [0.05, 0.1) is 7.11 Å². The third-order valence-electron chi connectivity index (χ3n) is 4.90. The normalized spacial score (nSPS) is 16.5. The van der Waals surface area contributed by atoms with Gasteiger partial charge in [0.15, 0.2) is 5.96 Å². The molecule has 152 valence electrons. The van der Waals surface area contributed by atoms with Crippen LogP contribution in [0.1, 0.15) is 12.0 Å². The topological polar surface area (TPSA) is 48.9 Å². The van der Waals surface area contributed by atoms with E-state index < -0.39 is 0 Å². The summed E-state index contributed by atoms with van der Waals surface area (Å²) in [6.07, 6.45) is 1.19. The highest BCUT2D eigenvalue weighted by atomic mass is 127. The van der Waals surface area contributed by atoms with Crippen molar-refractivity contribution in [3.8, 4) is 5.75 Å². The predicted octanol–water partition coefficient (Wildman–Crippen LogP) is 4.27. The lowest BCUT2D eigenvalue weighted by Gasteiger charge is -2.19. The van der Waals surface area contributed by atoms with Crippen molar-refractivity contribution in [3.05, 3.63) is 58.6 Å². The standard InChI is InChI=1S/C21H27BrN4O.HI/c1-23-21(25-14-17-5-3-4-6-20(17)27-2)24-13-16-11-12-26(15-16)19-9-7-18(22)8-10-19;/h3-10,16H,11-15H2,1-2H3,(H2,23,24,25);1H. The number of anilines is 1. The van der Waals surface area contributed by atoms with E-state index in [0.29, 0.717) is 12.5 Å². The van der Waals surface area contributed by atoms with Gasteiger partial charge in [-0.1, -0.05) is 34.1 Å². The summed E-state index contributed by atoms with van der Waals surface area (Å²) in [6, 6.07) is 16.6. The van der Waals surface area contributed by atoms with E-state index in [4.69, 9.17) is 4.74 Å². The van der Waals surface area contributed by atoms with E-state index in [1.54, 1.807) is 14.2 Å². The number of hydrogen-bond donors (Lipinski definition) is 2. The van der Waals surface area contributed by atoms with Crippen molar-refractivity contribution in [1.29, 1.82) is 0 Å². The summed E-state index contributed by atoms with van der Waals surface area (Å²) >= 11 is 3.50. The molecule has 28 heavy (non-hydrogen) atoms. The Morgan fingerprint density at radius 3 is 2.64 bits per heavy atom. The number of hydrogen-bond acceptors (Lipinski definition) is 3. The van der Waals surface area contributed by atoms with E-state index in [2.05, 4.69) is 66.8 Å². The Balaban J connectivity index is 0.00000280. The molecule has 5 nitrogen and oxygen atoms in total. The summed E-state index contributed by atoms with van der Waals surface area (Å²) in [5, 5.41) is 6.84. The third kappa shape index (κ3) is 6.27. The predicted molar refractivity (Wildman–Crippen MR) is 131 cm³/mol. The number of nitrogens with one attached hydrogen (secondary N) is 2. The van der Waals surface area contributed by atoms with Gasteiger partial charge in [0, 0.05) is 49.0 Å². The zero-order valence-electron chi connectivity index (χ0n) is 16.3. The molecule has 3 rings (SSSR count). The highest BCUT2D eigenvalue weighted by molar-refractivity contribution is 14.0. The first-order chi connectivity index (χ1) is 13.2. The molecule has 2 N–H and O–H groups in total. The van der Waals surface area contributed by atoms with Crippen molar-refractivity contribution in [2.75, 3.05) is 38.7 Å². The molecule has 1 atom stereocenters. The molecule has 0 radical (unpaired) electrons. The minimum atomic E-state index is 0. The van der Waals surface area contributed by atoms with Crippen molar-refractivity contribution in [3.63, 3.8) is 0 Å². The van der Waals surface area contributed by atoms with Crippen LogP contribution in [0.2, 0.25) is 0 Å². The number of benzene rings is 2. The highest BCUT2D eigenvalue weighted by Gasteiger charge is 2.22. The maximum Gasteiger partial charge on any atom is 0.191 e. The van der Waals surface area contributed by atoms with E-state index in [1.807, 2.05) is 18.2 Å². The molecular formula is C21H28BrIN4O. The van der Waals surface area contributed by atoms with Gasteiger partial charge in [-0.2, -0.15) is 0 Å². The first kappa shape index (κ1) is 22.8. The highest BCUT2D eigenvalue weighted by Crippen LogP contribution is 2.25. The van der Waals surface area contributed by atoms with Crippen molar-refractivity contribution in [2.24, 2.45) is 10.9 Å². The molecule has 1 unspecified atom stereocenters. The van der Waals surface area contributed by atoms with Crippen LogP contribution in [-0.4, -0.2) is 39.8 Å². The summed E-state index contributed by atoms with van der Waals surface area (Å²) < 4.78 is 6.52. The monoisotopic (exact) mass is 558 g/mol. The van der Waals surface area contributed by atoms with Crippen molar-refractivity contribution < 1.29 is 4.74 Å². The minimum Gasteiger partial charge on any atom is -0.496 e. The molecule has 0 aliphatic carbocycles. The maximum atomic E-state index is 5.40. The smallest absolute Gasteiger partial charge is 0.191 e. The quantitative estimate of drug-likeness (QED) is 0.316. The SMILES string of the molecule is CN=C(NCc1ccccc1OC)NCC1CCN(c2ccc(Br)cc2)C1.I. The molecule has 0 spiro atoms. The number of halogens is 2. The zero-order chi connectivity index (χ0) is 19.1. The lowest BCUT2D eigenvalue weighted by molar-refractivity contribution is 0.409. The van der Waals surface area contributed by atoms with Crippen LogP contribution < -0.4 is 20.3 Å². The number of para-hydroxylation sites is 1. The molecule has 0 aromatic heterocycles. The first-order valence-electron chi connectivity index (χ1n) is 9.26. The second-order valence-corrected chi connectivity index (χ2v) is 7.61. The van der Waals surface area contributed by atoms with Crippen molar-refractivity contribution in [2.45, 2.75) is 13.0 Å². The lowest BCUT2D eigenvalue weighted by atomic mass is 10.1. The van der Waals surface area contributed by atoms with Gasteiger partial charge >= 0.3 is 0 Å². The average Bonchev–Trinajstić information content (AvgIpc) is 3.18. The van der Waals surface area contributed by atoms with E-state index in [9.17, 15) is 0 Å². The fraction of sp³-hybridized carbons (Fsp3) is 0.381. The van der Waals surface area contributed by atoms with Crippen LogP contribution in [0.4, 0.5) is 5.69 Å². The second kappa shape index (κ2) is 11.5. The Bertz CT molecular complexity index is 769. The lowest BCUT2D eigenvalue weighted by Crippen LogP contribution is -2.40. The maximum absolute atomic E-state index is 5.40. The molecule has 2 aromatic carbocycles. The number of rotatable bonds is 6. The number of methoxy groups -OCH3 is 1. The van der Waals surface area contributed by atoms with E-state index in [-0.39, 0.29) is 24.0 Å². The Kier molecular flexibility index (Phi) is 9.37. The molecule has 2 aromatic rings. The van der Waals surface area contributed by atoms with Gasteiger partial charge in [-0.15, -0.1) is 24.0 Å². The molecule has 0 saturated carbocycles. The van der Waals surface area contributed by atoms with Gasteiger partial charge in [0.25, 0.3) is 0 Å². The van der Waals surface area contributed by atoms with Crippen LogP contribution >= 0.6 is 39.9 Å². The van der Waals surface area contributed by atoms with Crippen molar-refractivity contribution in [1.82, 2.24) is 10.6 Å². The van der Waals surface area contributed by atoms with Crippen LogP contribution in [-0.2, 0) is 6.54 Å². The zero-order valence-corrected chi connectivity index (χ0v) is 20.2. The fourth-order valence-corrected chi connectivity index (χ4v) is 3.64. The summed E-state index contributed by atoms with van der Waals surface area (Å²) in [5.41, 5.74) is 2.41. The molecule has 1 aliphatic rings. The van der Waals surface area contributed by atoms with Gasteiger partial charge in [-0.25, -0.2) is 0 Å². The number of guanidine groups is 1. The van der Waals surface area contributed by atoms with Gasteiger partial charge in [0.2, 0.25) is 0 Å². The Labute approximate surface area is 193 Å². The Morgan fingerprint density at radius 2 is 1.93 bits per heavy atom. The number of aliphatic imine (C=N–C) groups is 1. The van der Waals surface area contributed by atoms with E-state index in [0.717, 1.165) is 41.4 Å². The van der Waals surface area contributed by atoms with Crippen LogP contribution in [0.15, 0.2) is 58.0 Å². The van der Waals surface area contributed by atoms with Crippen LogP contribution in [0.3, 0.4) is 0 Å². The van der Waals surface area contributed by atoms with Crippen molar-refractivity contribution >= 4 is 51.6 Å². The molecule has 7 heteroatoms. The Hall–Kier alpha value is -1.48. The summed E-state index contributed by atoms with van der Waals surface area (Å²) in [7, 11) is 3.50.